The summed E-state index contributed by atoms with van der Waals surface area (Å²) in [7, 11) is 0. The van der Waals surface area contributed by atoms with Gasteiger partial charge < -0.3 is 0 Å². The van der Waals surface area contributed by atoms with Gasteiger partial charge in [-0.2, -0.15) is 0 Å². The summed E-state index contributed by atoms with van der Waals surface area (Å²) in [5.41, 5.74) is 0. The third-order valence-electron chi connectivity index (χ3n) is 14.3. The van der Waals surface area contributed by atoms with Gasteiger partial charge in [0.25, 0.3) is 0 Å². The van der Waals surface area contributed by atoms with Crippen LogP contribution in [0.15, 0.2) is 0 Å². The van der Waals surface area contributed by atoms with E-state index in [1.54, 1.807) is 0 Å². The molecule has 8 N–H and O–H groups in total. The van der Waals surface area contributed by atoms with Crippen molar-refractivity contribution in [3.8, 4) is 0 Å². The first kappa shape index (κ1) is 43.0. The van der Waals surface area contributed by atoms with Crippen molar-refractivity contribution >= 4 is 162 Å². The third kappa shape index (κ3) is 6.80. The zero-order chi connectivity index (χ0) is 38.4. The Morgan fingerprint density at radius 2 is 0.444 bits per heavy atom. The number of alkyl halides is 14. The van der Waals surface area contributed by atoms with Gasteiger partial charge in [-0.15, -0.1) is 162 Å². The number of hydrogen-bond donors (Lipinski definition) is 8. The topological polar surface area (TPSA) is 96.2 Å². The van der Waals surface area contributed by atoms with Crippen LogP contribution in [0.25, 0.3) is 0 Å². The van der Waals surface area contributed by atoms with Gasteiger partial charge in [-0.05, 0) is 18.8 Å². The summed E-state index contributed by atoms with van der Waals surface area (Å²) in [6.07, 6.45) is -0.997. The average molecular weight is 1040 g/mol. The minimum absolute atomic E-state index is 0.0411. The lowest BCUT2D eigenvalue weighted by molar-refractivity contribution is 0.179. The largest absolute Gasteiger partial charge is 0.286 e. The smallest absolute Gasteiger partial charge is 0.0681 e. The summed E-state index contributed by atoms with van der Waals surface area (Å²) < 4.78 is 0. The maximum atomic E-state index is 7.25. The molecule has 0 aromatic rings. The first-order chi connectivity index (χ1) is 25.6. The van der Waals surface area contributed by atoms with Crippen molar-refractivity contribution in [2.45, 2.75) is 137 Å². The molecule has 8 nitrogen and oxygen atoms in total. The molecule has 54 heavy (non-hydrogen) atoms. The highest BCUT2D eigenvalue weighted by Gasteiger charge is 2.65. The number of halogens is 14. The van der Waals surface area contributed by atoms with Crippen molar-refractivity contribution in [1.82, 2.24) is 42.5 Å². The molecule has 0 aromatic carbocycles. The molecule has 5 aliphatic heterocycles. The SMILES string of the molecule is ClC1CCC2C3NC(NC4NC(NC5NC(NC6NC(N3)C3C(Cl)C(Cl)C(Cl)C(Cl)C63)C3C(Cl)C(Cl)C(Cl)C(Cl)C53)C3C(Cl)C(Cl)C(Cl)C(Cl)C43)C2C1Cl. The highest BCUT2D eigenvalue weighted by atomic mass is 35.5. The Hall–Kier alpha value is 3.74. The van der Waals surface area contributed by atoms with Crippen LogP contribution in [-0.4, -0.2) is 125 Å². The quantitative estimate of drug-likeness (QED) is 0.148. The number of nitrogens with one attached hydrogen (secondary N) is 8. The second kappa shape index (κ2) is 16.4. The van der Waals surface area contributed by atoms with Crippen molar-refractivity contribution < 1.29 is 0 Å². The molecule has 5 saturated heterocycles. The van der Waals surface area contributed by atoms with Crippen LogP contribution in [0.3, 0.4) is 0 Å². The summed E-state index contributed by atoms with van der Waals surface area (Å²) >= 11 is 99.1. The molecule has 30 unspecified atom stereocenters. The molecular weight excluding hydrogens is 993 g/mol. The summed E-state index contributed by atoms with van der Waals surface area (Å²) in [6, 6.07) is 0. The van der Waals surface area contributed by atoms with Crippen LogP contribution in [0.2, 0.25) is 0 Å². The minimum Gasteiger partial charge on any atom is -0.286 e. The molecule has 0 spiro atoms. The summed E-state index contributed by atoms with van der Waals surface area (Å²) in [5, 5.41) is 23.8. The fourth-order valence-electron chi connectivity index (χ4n) is 11.8. The Labute approximate surface area is 386 Å². The molecule has 9 fully saturated rings. The van der Waals surface area contributed by atoms with Gasteiger partial charge in [-0.1, -0.05) is 0 Å². The second-order valence-electron chi connectivity index (χ2n) is 16.7. The monoisotopic (exact) mass is 1030 g/mol. The van der Waals surface area contributed by atoms with Gasteiger partial charge in [-0.3, -0.25) is 42.5 Å². The van der Waals surface area contributed by atoms with E-state index >= 15 is 0 Å². The summed E-state index contributed by atoms with van der Waals surface area (Å²) in [4.78, 5) is 0. The van der Waals surface area contributed by atoms with Crippen LogP contribution in [0, 0.1) is 47.3 Å². The molecule has 0 radical (unpaired) electrons. The molecule has 9 aliphatic rings. The molecule has 4 saturated carbocycles. The Balaban J connectivity index is 1.14. The second-order valence-corrected chi connectivity index (χ2v) is 23.8. The van der Waals surface area contributed by atoms with Gasteiger partial charge in [0.2, 0.25) is 0 Å². The Morgan fingerprint density at radius 3 is 0.704 bits per heavy atom. The average Bonchev–Trinajstić information content (AvgIpc) is 3.89. The van der Waals surface area contributed by atoms with E-state index in [2.05, 4.69) is 42.5 Å². The number of fused-ring (bicyclic) bond motifs is 20. The van der Waals surface area contributed by atoms with Gasteiger partial charge in [0.05, 0.1) is 125 Å². The van der Waals surface area contributed by atoms with E-state index in [4.69, 9.17) is 162 Å². The highest BCUT2D eigenvalue weighted by molar-refractivity contribution is 6.40. The van der Waals surface area contributed by atoms with Crippen molar-refractivity contribution in [3.63, 3.8) is 0 Å². The summed E-state index contributed by atoms with van der Waals surface area (Å²) in [6.45, 7) is 0. The van der Waals surface area contributed by atoms with Crippen LogP contribution in [0.5, 0.6) is 0 Å². The molecule has 30 atom stereocenters. The molecule has 9 rings (SSSR count). The zero-order valence-electron chi connectivity index (χ0n) is 28.0. The van der Waals surface area contributed by atoms with Gasteiger partial charge in [0, 0.05) is 41.4 Å². The highest BCUT2D eigenvalue weighted by Crippen LogP contribution is 2.53. The standard InChI is InChI=1S/C32H42Cl14N8/c33-4-2-1-3-5(12(4)34)26-47-25(3)48-27-6-7(14(36)20(42)19(41)13(6)35)29(50-27)52-31-10-11(18(40)24(46)23(45)17(10)39)32(54-31)53-30-9-8(28(49-26)51-30)15(37)21(43)22(44)16(9)38/h3-32,47-54H,1-2H2. The normalized spacial score (nSPS) is 65.2. The van der Waals surface area contributed by atoms with E-state index in [0.717, 1.165) is 12.8 Å². The van der Waals surface area contributed by atoms with Crippen LogP contribution in [-0.2, 0) is 0 Å². The fraction of sp³-hybridized carbons (Fsp3) is 1.00. The van der Waals surface area contributed by atoms with Crippen molar-refractivity contribution in [1.29, 1.82) is 0 Å². The lowest BCUT2D eigenvalue weighted by Gasteiger charge is -2.45. The zero-order valence-corrected chi connectivity index (χ0v) is 38.6. The van der Waals surface area contributed by atoms with Crippen molar-refractivity contribution in [2.24, 2.45) is 47.3 Å². The maximum Gasteiger partial charge on any atom is 0.0681 e. The Morgan fingerprint density at radius 1 is 0.222 bits per heavy atom. The van der Waals surface area contributed by atoms with Gasteiger partial charge in [0.15, 0.2) is 0 Å². The summed E-state index contributed by atoms with van der Waals surface area (Å²) in [5.74, 6) is -1.33. The first-order valence-corrected chi connectivity index (χ1v) is 24.8. The van der Waals surface area contributed by atoms with Gasteiger partial charge in [-0.25, -0.2) is 0 Å². The number of hydrogen-bond acceptors (Lipinski definition) is 8. The molecule has 8 bridgehead atoms. The van der Waals surface area contributed by atoms with E-state index < -0.39 is 70.7 Å². The van der Waals surface area contributed by atoms with Crippen molar-refractivity contribution in [2.75, 3.05) is 0 Å². The first-order valence-electron chi connectivity index (χ1n) is 18.7. The molecule has 4 aliphatic carbocycles. The number of rotatable bonds is 0. The van der Waals surface area contributed by atoms with E-state index in [1.165, 1.54) is 0 Å². The van der Waals surface area contributed by atoms with E-state index in [-0.39, 0.29) is 101 Å². The van der Waals surface area contributed by atoms with Gasteiger partial charge >= 0.3 is 0 Å². The van der Waals surface area contributed by atoms with Crippen LogP contribution >= 0.6 is 162 Å². The maximum absolute atomic E-state index is 7.25. The molecule has 308 valence electrons. The Kier molecular flexibility index (Phi) is 13.0. The van der Waals surface area contributed by atoms with E-state index in [1.807, 2.05) is 0 Å². The van der Waals surface area contributed by atoms with Crippen molar-refractivity contribution in [3.05, 3.63) is 0 Å². The molecular formula is C32H42Cl14N8. The lowest BCUT2D eigenvalue weighted by Crippen LogP contribution is -2.62. The van der Waals surface area contributed by atoms with E-state index in [0.29, 0.717) is 0 Å². The molecule has 22 heteroatoms. The van der Waals surface area contributed by atoms with Crippen LogP contribution in [0.4, 0.5) is 0 Å². The third-order valence-corrected chi connectivity index (χ3v) is 23.3. The Bertz CT molecular complexity index is 1390. The predicted molar refractivity (Wildman–Crippen MR) is 228 cm³/mol. The lowest BCUT2D eigenvalue weighted by atomic mass is 9.75. The fourth-order valence-corrected chi connectivity index (χ4v) is 17.7. The minimum atomic E-state index is -0.594. The molecule has 0 amide bonds. The van der Waals surface area contributed by atoms with Crippen LogP contribution < -0.4 is 42.5 Å². The van der Waals surface area contributed by atoms with E-state index in [9.17, 15) is 0 Å². The molecule has 0 aromatic heterocycles. The van der Waals surface area contributed by atoms with Crippen LogP contribution in [0.1, 0.15) is 12.8 Å². The predicted octanol–water partition coefficient (Wildman–Crippen LogP) is 5.65. The van der Waals surface area contributed by atoms with Gasteiger partial charge in [0.1, 0.15) is 0 Å². The molecule has 5 heterocycles.